The molecule has 0 rings (SSSR count). The van der Waals surface area contributed by atoms with Crippen LogP contribution < -0.4 is 0 Å². The van der Waals surface area contributed by atoms with Crippen LogP contribution in [0, 0.1) is 0 Å². The zero-order chi connectivity index (χ0) is 47.9. The highest BCUT2D eigenvalue weighted by Crippen LogP contribution is 2.15. The van der Waals surface area contributed by atoms with Gasteiger partial charge < -0.3 is 14.2 Å². The summed E-state index contributed by atoms with van der Waals surface area (Å²) < 4.78 is 16.8. The molecule has 66 heavy (non-hydrogen) atoms. The van der Waals surface area contributed by atoms with Gasteiger partial charge in [0.25, 0.3) is 0 Å². The largest absolute Gasteiger partial charge is 0.462 e. The van der Waals surface area contributed by atoms with Crippen molar-refractivity contribution < 1.29 is 28.6 Å². The number of hydrogen-bond donors (Lipinski definition) is 0. The normalized spacial score (nSPS) is 12.3. The number of esters is 3. The van der Waals surface area contributed by atoms with Crippen molar-refractivity contribution in [3.05, 3.63) is 48.6 Å². The molecule has 0 fully saturated rings. The zero-order valence-corrected chi connectivity index (χ0v) is 44.0. The molecule has 0 bridgehead atoms. The fourth-order valence-electron chi connectivity index (χ4n) is 8.15. The predicted molar refractivity (Wildman–Crippen MR) is 284 cm³/mol. The average Bonchev–Trinajstić information content (AvgIpc) is 3.31. The third-order valence-electron chi connectivity index (χ3n) is 12.5. The highest BCUT2D eigenvalue weighted by Gasteiger charge is 2.19. The second-order valence-corrected chi connectivity index (χ2v) is 19.2. The highest BCUT2D eigenvalue weighted by molar-refractivity contribution is 5.71. The summed E-state index contributed by atoms with van der Waals surface area (Å²) in [7, 11) is 0. The standard InChI is InChI=1S/C60H108O6/c1-4-7-10-13-16-19-22-25-28-29-30-31-33-35-38-41-44-47-50-53-59(62)65-56-57(55-64-58(61)52-49-46-43-40-37-34-27-24-21-18-15-12-9-6-3)66-60(63)54-51-48-45-42-39-36-32-26-23-20-17-14-11-8-5-2/h15,18,24-28,32,57H,4-14,16-17,19-23,29-31,33-56H2,1-3H3/b18-15-,27-24-,28-25-,32-26-/t57-/m1/s1. The number of allylic oxidation sites excluding steroid dienone is 8. The van der Waals surface area contributed by atoms with Crippen molar-refractivity contribution in [2.24, 2.45) is 0 Å². The van der Waals surface area contributed by atoms with Gasteiger partial charge in [-0.2, -0.15) is 0 Å². The Labute approximate surface area is 409 Å². The average molecular weight is 926 g/mol. The molecule has 0 heterocycles. The first kappa shape index (κ1) is 63.4. The number of carbonyl (C=O) groups excluding carboxylic acids is 3. The molecule has 0 aliphatic heterocycles. The third kappa shape index (κ3) is 52.3. The first-order valence-corrected chi connectivity index (χ1v) is 28.6. The molecule has 0 saturated carbocycles. The van der Waals surface area contributed by atoms with Gasteiger partial charge in [-0.15, -0.1) is 0 Å². The van der Waals surface area contributed by atoms with E-state index in [2.05, 4.69) is 69.4 Å². The smallest absolute Gasteiger partial charge is 0.306 e. The van der Waals surface area contributed by atoms with Gasteiger partial charge >= 0.3 is 17.9 Å². The second kappa shape index (κ2) is 55.0. The van der Waals surface area contributed by atoms with E-state index in [0.29, 0.717) is 19.3 Å². The maximum atomic E-state index is 12.8. The molecule has 0 unspecified atom stereocenters. The van der Waals surface area contributed by atoms with E-state index in [9.17, 15) is 14.4 Å². The Morgan fingerprint density at radius 2 is 0.561 bits per heavy atom. The lowest BCUT2D eigenvalue weighted by Gasteiger charge is -2.18. The highest BCUT2D eigenvalue weighted by atomic mass is 16.6. The van der Waals surface area contributed by atoms with E-state index in [0.717, 1.165) is 89.9 Å². The second-order valence-electron chi connectivity index (χ2n) is 19.2. The van der Waals surface area contributed by atoms with Crippen molar-refractivity contribution in [3.8, 4) is 0 Å². The Balaban J connectivity index is 4.36. The quantitative estimate of drug-likeness (QED) is 0.0262. The lowest BCUT2D eigenvalue weighted by Crippen LogP contribution is -2.30. The van der Waals surface area contributed by atoms with Gasteiger partial charge in [0, 0.05) is 19.3 Å². The molecule has 0 spiro atoms. The van der Waals surface area contributed by atoms with Gasteiger partial charge in [0.05, 0.1) is 0 Å². The maximum absolute atomic E-state index is 12.8. The molecule has 0 aromatic carbocycles. The molecule has 0 N–H and O–H groups in total. The summed E-state index contributed by atoms with van der Waals surface area (Å²) in [6, 6.07) is 0. The lowest BCUT2D eigenvalue weighted by atomic mass is 10.1. The van der Waals surface area contributed by atoms with Gasteiger partial charge in [-0.25, -0.2) is 0 Å². The molecule has 384 valence electrons. The van der Waals surface area contributed by atoms with Crippen LogP contribution in [0.4, 0.5) is 0 Å². The number of hydrogen-bond acceptors (Lipinski definition) is 6. The van der Waals surface area contributed by atoms with Crippen LogP contribution in [-0.2, 0) is 28.6 Å². The monoisotopic (exact) mass is 925 g/mol. The Hall–Kier alpha value is -2.63. The van der Waals surface area contributed by atoms with Crippen molar-refractivity contribution in [1.29, 1.82) is 0 Å². The molecule has 0 aromatic heterocycles. The Morgan fingerprint density at radius 1 is 0.303 bits per heavy atom. The predicted octanol–water partition coefficient (Wildman–Crippen LogP) is 19.0. The van der Waals surface area contributed by atoms with Gasteiger partial charge in [0.2, 0.25) is 0 Å². The van der Waals surface area contributed by atoms with Crippen LogP contribution in [0.5, 0.6) is 0 Å². The van der Waals surface area contributed by atoms with Gasteiger partial charge in [-0.3, -0.25) is 14.4 Å². The van der Waals surface area contributed by atoms with E-state index in [1.54, 1.807) is 0 Å². The van der Waals surface area contributed by atoms with Crippen molar-refractivity contribution in [1.82, 2.24) is 0 Å². The number of ether oxygens (including phenoxy) is 3. The fourth-order valence-corrected chi connectivity index (χ4v) is 8.15. The fraction of sp³-hybridized carbons (Fsp3) is 0.817. The number of carbonyl (C=O) groups is 3. The summed E-state index contributed by atoms with van der Waals surface area (Å²) >= 11 is 0. The van der Waals surface area contributed by atoms with E-state index < -0.39 is 6.10 Å². The minimum absolute atomic E-state index is 0.0806. The first-order valence-electron chi connectivity index (χ1n) is 28.6. The molecule has 6 heteroatoms. The summed E-state index contributed by atoms with van der Waals surface area (Å²) in [6.07, 6.45) is 66.7. The van der Waals surface area contributed by atoms with Gasteiger partial charge in [-0.1, -0.05) is 230 Å². The summed E-state index contributed by atoms with van der Waals surface area (Å²) in [5.74, 6) is -0.894. The summed E-state index contributed by atoms with van der Waals surface area (Å²) in [5, 5.41) is 0. The Kier molecular flexibility index (Phi) is 52.8. The number of unbranched alkanes of at least 4 members (excludes halogenated alkanes) is 33. The molecule has 0 saturated heterocycles. The topological polar surface area (TPSA) is 78.9 Å². The summed E-state index contributed by atoms with van der Waals surface area (Å²) in [5.41, 5.74) is 0. The van der Waals surface area contributed by atoms with Gasteiger partial charge in [0.15, 0.2) is 6.10 Å². The van der Waals surface area contributed by atoms with Crippen LogP contribution in [-0.4, -0.2) is 37.2 Å². The summed E-state index contributed by atoms with van der Waals surface area (Å²) in [4.78, 5) is 38.1. The molecule has 0 aliphatic carbocycles. The molecule has 0 radical (unpaired) electrons. The SMILES string of the molecule is CCCC/C=C\C/C=C\CCCCCCCC(=O)OC[C@H](COC(=O)CCCCCCCCCCC/C=C\CCCCCCCC)OC(=O)CCCCCCC/C=C\CCCCCCCC. The van der Waals surface area contributed by atoms with Crippen molar-refractivity contribution in [2.45, 2.75) is 303 Å². The van der Waals surface area contributed by atoms with Crippen molar-refractivity contribution in [2.75, 3.05) is 13.2 Å². The van der Waals surface area contributed by atoms with Gasteiger partial charge in [0.1, 0.15) is 13.2 Å². The minimum Gasteiger partial charge on any atom is -0.462 e. The van der Waals surface area contributed by atoms with E-state index in [4.69, 9.17) is 14.2 Å². The molecule has 0 aliphatic rings. The third-order valence-corrected chi connectivity index (χ3v) is 12.5. The van der Waals surface area contributed by atoms with E-state index in [1.807, 2.05) is 0 Å². The lowest BCUT2D eigenvalue weighted by molar-refractivity contribution is -0.167. The molecule has 6 nitrogen and oxygen atoms in total. The summed E-state index contributed by atoms with van der Waals surface area (Å²) in [6.45, 7) is 6.60. The molecular formula is C60H108O6. The van der Waals surface area contributed by atoms with E-state index in [1.165, 1.54) is 167 Å². The maximum Gasteiger partial charge on any atom is 0.306 e. The van der Waals surface area contributed by atoms with Gasteiger partial charge in [-0.05, 0) is 96.3 Å². The minimum atomic E-state index is -0.783. The van der Waals surface area contributed by atoms with Crippen LogP contribution in [0.15, 0.2) is 48.6 Å². The van der Waals surface area contributed by atoms with E-state index in [-0.39, 0.29) is 31.1 Å². The van der Waals surface area contributed by atoms with Crippen LogP contribution in [0.1, 0.15) is 297 Å². The zero-order valence-electron chi connectivity index (χ0n) is 44.0. The molecule has 0 aromatic rings. The van der Waals surface area contributed by atoms with Crippen LogP contribution in [0.25, 0.3) is 0 Å². The van der Waals surface area contributed by atoms with E-state index >= 15 is 0 Å². The Morgan fingerprint density at radius 3 is 0.894 bits per heavy atom. The van der Waals surface area contributed by atoms with Crippen molar-refractivity contribution >= 4 is 17.9 Å². The van der Waals surface area contributed by atoms with Crippen LogP contribution in [0.2, 0.25) is 0 Å². The van der Waals surface area contributed by atoms with Crippen molar-refractivity contribution in [3.63, 3.8) is 0 Å². The van der Waals surface area contributed by atoms with Crippen LogP contribution in [0.3, 0.4) is 0 Å². The van der Waals surface area contributed by atoms with Crippen LogP contribution >= 0.6 is 0 Å². The Bertz CT molecular complexity index is 1150. The molecule has 0 amide bonds. The molecular weight excluding hydrogens is 817 g/mol. The molecule has 1 atom stereocenters. The first-order chi connectivity index (χ1) is 32.5. The number of rotatable bonds is 52.